The molecule has 2 atom stereocenters. The first-order valence-corrected chi connectivity index (χ1v) is 9.02. The van der Waals surface area contributed by atoms with Crippen molar-refractivity contribution in [3.05, 3.63) is 0 Å². The minimum absolute atomic E-state index is 0.0426. The van der Waals surface area contributed by atoms with Crippen molar-refractivity contribution in [2.24, 2.45) is 0 Å². The number of rotatable bonds is 10. The van der Waals surface area contributed by atoms with E-state index in [1.165, 1.54) is 0 Å². The summed E-state index contributed by atoms with van der Waals surface area (Å²) in [7, 11) is -3.17. The van der Waals surface area contributed by atoms with Crippen molar-refractivity contribution >= 4 is 10.0 Å². The number of hydrogen-bond donors (Lipinski definition) is 2. The first kappa shape index (κ1) is 16.9. The van der Waals surface area contributed by atoms with Gasteiger partial charge in [0.15, 0.2) is 0 Å². The quantitative estimate of drug-likeness (QED) is 0.595. The number of hydrogen-bond acceptors (Lipinski definition) is 4. The highest BCUT2D eigenvalue weighted by Gasteiger charge is 2.25. The van der Waals surface area contributed by atoms with Gasteiger partial charge in [0.25, 0.3) is 0 Å². The molecule has 2 unspecified atom stereocenters. The molecule has 0 amide bonds. The summed E-state index contributed by atoms with van der Waals surface area (Å²) in [6, 6.07) is -0.120. The van der Waals surface area contributed by atoms with Crippen LogP contribution in [0.3, 0.4) is 0 Å². The van der Waals surface area contributed by atoms with E-state index in [-0.39, 0.29) is 17.9 Å². The molecule has 5 nitrogen and oxygen atoms in total. The second kappa shape index (κ2) is 8.89. The van der Waals surface area contributed by atoms with Crippen LogP contribution in [0.2, 0.25) is 0 Å². The SMILES string of the molecule is CCCNCCCCS(=O)(=O)NC(C)C1CCCO1. The molecule has 1 aliphatic heterocycles. The molecule has 0 aromatic carbocycles. The van der Waals surface area contributed by atoms with Crippen molar-refractivity contribution < 1.29 is 13.2 Å². The molecule has 0 spiro atoms. The van der Waals surface area contributed by atoms with Gasteiger partial charge in [-0.05, 0) is 52.1 Å². The fraction of sp³-hybridized carbons (Fsp3) is 1.00. The van der Waals surface area contributed by atoms with Crippen LogP contribution >= 0.6 is 0 Å². The van der Waals surface area contributed by atoms with Crippen molar-refractivity contribution in [2.75, 3.05) is 25.4 Å². The fourth-order valence-electron chi connectivity index (χ4n) is 2.26. The zero-order chi connectivity index (χ0) is 14.1. The Balaban J connectivity index is 2.16. The van der Waals surface area contributed by atoms with Gasteiger partial charge in [0.2, 0.25) is 10.0 Å². The highest BCUT2D eigenvalue weighted by atomic mass is 32.2. The molecule has 114 valence electrons. The van der Waals surface area contributed by atoms with E-state index in [1.54, 1.807) is 0 Å². The maximum absolute atomic E-state index is 11.9. The first-order valence-electron chi connectivity index (χ1n) is 7.37. The number of ether oxygens (including phenoxy) is 1. The van der Waals surface area contributed by atoms with Crippen molar-refractivity contribution in [3.63, 3.8) is 0 Å². The molecular formula is C13H28N2O3S. The number of nitrogens with one attached hydrogen (secondary N) is 2. The van der Waals surface area contributed by atoms with E-state index in [4.69, 9.17) is 4.74 Å². The molecule has 19 heavy (non-hydrogen) atoms. The van der Waals surface area contributed by atoms with E-state index in [2.05, 4.69) is 17.0 Å². The van der Waals surface area contributed by atoms with Crippen molar-refractivity contribution in [2.45, 2.75) is 58.1 Å². The standard InChI is InChI=1S/C13H28N2O3S/c1-3-8-14-9-4-5-11-19(16,17)15-12(2)13-7-6-10-18-13/h12-15H,3-11H2,1-2H3. The van der Waals surface area contributed by atoms with E-state index >= 15 is 0 Å². The van der Waals surface area contributed by atoms with E-state index < -0.39 is 10.0 Å². The highest BCUT2D eigenvalue weighted by molar-refractivity contribution is 7.89. The Kier molecular flexibility index (Phi) is 7.90. The van der Waals surface area contributed by atoms with Crippen molar-refractivity contribution in [3.8, 4) is 0 Å². The largest absolute Gasteiger partial charge is 0.377 e. The van der Waals surface area contributed by atoms with Crippen LogP contribution in [0.1, 0.15) is 46.0 Å². The molecule has 1 fully saturated rings. The summed E-state index contributed by atoms with van der Waals surface area (Å²) in [5.41, 5.74) is 0. The molecule has 0 aliphatic carbocycles. The minimum atomic E-state index is -3.17. The molecule has 0 aromatic rings. The maximum Gasteiger partial charge on any atom is 0.211 e. The smallest absolute Gasteiger partial charge is 0.211 e. The average molecular weight is 292 g/mol. The molecule has 1 rings (SSSR count). The lowest BCUT2D eigenvalue weighted by atomic mass is 10.1. The lowest BCUT2D eigenvalue weighted by molar-refractivity contribution is 0.0902. The maximum atomic E-state index is 11.9. The zero-order valence-electron chi connectivity index (χ0n) is 12.2. The van der Waals surface area contributed by atoms with Gasteiger partial charge in [-0.15, -0.1) is 0 Å². The topological polar surface area (TPSA) is 67.4 Å². The van der Waals surface area contributed by atoms with Crippen LogP contribution in [0.25, 0.3) is 0 Å². The van der Waals surface area contributed by atoms with Crippen molar-refractivity contribution in [1.29, 1.82) is 0 Å². The van der Waals surface area contributed by atoms with Gasteiger partial charge in [0, 0.05) is 12.6 Å². The van der Waals surface area contributed by atoms with E-state index in [1.807, 2.05) is 6.92 Å². The van der Waals surface area contributed by atoms with Gasteiger partial charge < -0.3 is 10.1 Å². The Hall–Kier alpha value is -0.170. The molecule has 0 radical (unpaired) electrons. The summed E-state index contributed by atoms with van der Waals surface area (Å²) in [4.78, 5) is 0. The van der Waals surface area contributed by atoms with Crippen LogP contribution in [0.5, 0.6) is 0 Å². The normalized spacial score (nSPS) is 21.7. The Labute approximate surface area is 117 Å². The molecule has 0 aromatic heterocycles. The minimum Gasteiger partial charge on any atom is -0.377 e. The summed E-state index contributed by atoms with van der Waals surface area (Å²) in [5.74, 6) is 0.206. The van der Waals surface area contributed by atoms with E-state index in [9.17, 15) is 8.42 Å². The fourth-order valence-corrected chi connectivity index (χ4v) is 3.68. The van der Waals surface area contributed by atoms with Crippen LogP contribution in [0, 0.1) is 0 Å². The van der Waals surface area contributed by atoms with Gasteiger partial charge in [-0.2, -0.15) is 0 Å². The van der Waals surface area contributed by atoms with Crippen LogP contribution in [-0.2, 0) is 14.8 Å². The number of unbranched alkanes of at least 4 members (excludes halogenated alkanes) is 1. The van der Waals surface area contributed by atoms with Crippen LogP contribution in [-0.4, -0.2) is 46.0 Å². The molecule has 2 N–H and O–H groups in total. The van der Waals surface area contributed by atoms with Gasteiger partial charge in [0.05, 0.1) is 11.9 Å². The molecule has 1 saturated heterocycles. The molecule has 6 heteroatoms. The monoisotopic (exact) mass is 292 g/mol. The Morgan fingerprint density at radius 2 is 2.11 bits per heavy atom. The summed E-state index contributed by atoms with van der Waals surface area (Å²) in [6.07, 6.45) is 4.73. The average Bonchev–Trinajstić information content (AvgIpc) is 2.87. The van der Waals surface area contributed by atoms with Crippen molar-refractivity contribution in [1.82, 2.24) is 10.0 Å². The Bertz CT molecular complexity index is 327. The number of sulfonamides is 1. The highest BCUT2D eigenvalue weighted by Crippen LogP contribution is 2.16. The van der Waals surface area contributed by atoms with E-state index in [0.717, 1.165) is 45.4 Å². The van der Waals surface area contributed by atoms with Crippen LogP contribution in [0.4, 0.5) is 0 Å². The third kappa shape index (κ3) is 7.25. The summed E-state index contributed by atoms with van der Waals surface area (Å²) in [5, 5.41) is 3.27. The van der Waals surface area contributed by atoms with Gasteiger partial charge >= 0.3 is 0 Å². The van der Waals surface area contributed by atoms with Crippen LogP contribution < -0.4 is 10.0 Å². The van der Waals surface area contributed by atoms with Gasteiger partial charge in [-0.3, -0.25) is 0 Å². The van der Waals surface area contributed by atoms with Crippen LogP contribution in [0.15, 0.2) is 0 Å². The summed E-state index contributed by atoms with van der Waals surface area (Å²) >= 11 is 0. The third-order valence-corrected chi connectivity index (χ3v) is 4.89. The lowest BCUT2D eigenvalue weighted by Crippen LogP contribution is -2.41. The Morgan fingerprint density at radius 1 is 1.32 bits per heavy atom. The second-order valence-corrected chi connectivity index (χ2v) is 7.11. The lowest BCUT2D eigenvalue weighted by Gasteiger charge is -2.19. The van der Waals surface area contributed by atoms with E-state index in [0.29, 0.717) is 6.42 Å². The third-order valence-electron chi connectivity index (χ3n) is 3.33. The van der Waals surface area contributed by atoms with Gasteiger partial charge in [-0.1, -0.05) is 6.92 Å². The first-order chi connectivity index (χ1) is 9.05. The molecule has 1 aliphatic rings. The van der Waals surface area contributed by atoms with Gasteiger partial charge in [-0.25, -0.2) is 13.1 Å². The predicted octanol–water partition coefficient (Wildman–Crippen LogP) is 1.25. The molecule has 1 heterocycles. The molecule has 0 bridgehead atoms. The predicted molar refractivity (Wildman–Crippen MR) is 77.8 cm³/mol. The van der Waals surface area contributed by atoms with Gasteiger partial charge in [0.1, 0.15) is 0 Å². The molecule has 0 saturated carbocycles. The zero-order valence-corrected chi connectivity index (χ0v) is 13.0. The summed E-state index contributed by atoms with van der Waals surface area (Å²) in [6.45, 7) is 6.65. The Morgan fingerprint density at radius 3 is 2.74 bits per heavy atom. The summed E-state index contributed by atoms with van der Waals surface area (Å²) < 4.78 is 32.0. The second-order valence-electron chi connectivity index (χ2n) is 5.23. The molecular weight excluding hydrogens is 264 g/mol.